The van der Waals surface area contributed by atoms with Gasteiger partial charge in [-0.15, -0.1) is 0 Å². The Bertz CT molecular complexity index is 211. The molecule has 0 atom stereocenters. The molecule has 0 saturated carbocycles. The van der Waals surface area contributed by atoms with E-state index in [1.165, 1.54) is 0 Å². The van der Waals surface area contributed by atoms with Gasteiger partial charge in [-0.1, -0.05) is 0 Å². The molecule has 0 aromatic carbocycles. The molecule has 3 N–H and O–H groups in total. The summed E-state index contributed by atoms with van der Waals surface area (Å²) in [5.74, 6) is 0.288. The Morgan fingerprint density at radius 3 is 2.62 bits per heavy atom. The second kappa shape index (κ2) is 3.27. The molecule has 0 aromatic heterocycles. The number of nitrogens with one attached hydrogen (secondary N) is 1. The molecule has 74 valence electrons. The van der Waals surface area contributed by atoms with Gasteiger partial charge in [0.15, 0.2) is 0 Å². The van der Waals surface area contributed by atoms with Gasteiger partial charge in [0.1, 0.15) is 0 Å². The lowest BCUT2D eigenvalue weighted by Gasteiger charge is -2.31. The summed E-state index contributed by atoms with van der Waals surface area (Å²) in [6.45, 7) is 3.19. The summed E-state index contributed by atoms with van der Waals surface area (Å²) in [6, 6.07) is 0. The minimum Gasteiger partial charge on any atom is -0.330 e. The second-order valence-corrected chi connectivity index (χ2v) is 4.03. The third kappa shape index (κ3) is 1.34. The maximum absolute atomic E-state index is 11.9. The summed E-state index contributed by atoms with van der Waals surface area (Å²) in [5.41, 5.74) is 5.45. The molecule has 2 saturated heterocycles. The van der Waals surface area contributed by atoms with Crippen LogP contribution in [-0.4, -0.2) is 37.1 Å². The van der Waals surface area contributed by atoms with Crippen LogP contribution in [-0.2, 0) is 4.79 Å². The molecule has 0 aliphatic carbocycles. The van der Waals surface area contributed by atoms with Crippen molar-refractivity contribution < 1.29 is 4.79 Å². The van der Waals surface area contributed by atoms with Crippen LogP contribution >= 0.6 is 0 Å². The Morgan fingerprint density at radius 2 is 2.08 bits per heavy atom. The van der Waals surface area contributed by atoms with Gasteiger partial charge in [0.2, 0.25) is 5.91 Å². The average Bonchev–Trinajstić information content (AvgIpc) is 2.47. The molecule has 0 bridgehead atoms. The highest BCUT2D eigenvalue weighted by molar-refractivity contribution is 5.84. The number of hydrogen-bond donors (Lipinski definition) is 2. The summed E-state index contributed by atoms with van der Waals surface area (Å²) in [7, 11) is 0. The van der Waals surface area contributed by atoms with Crippen molar-refractivity contribution in [3.05, 3.63) is 0 Å². The highest BCUT2D eigenvalue weighted by Crippen LogP contribution is 2.39. The molecule has 1 spiro atoms. The Kier molecular flexibility index (Phi) is 2.26. The van der Waals surface area contributed by atoms with Crippen molar-refractivity contribution in [2.45, 2.75) is 19.3 Å². The Morgan fingerprint density at radius 1 is 1.38 bits per heavy atom. The fourth-order valence-corrected chi connectivity index (χ4v) is 2.44. The predicted molar refractivity (Wildman–Crippen MR) is 49.9 cm³/mol. The fourth-order valence-electron chi connectivity index (χ4n) is 2.44. The van der Waals surface area contributed by atoms with Crippen LogP contribution in [0.3, 0.4) is 0 Å². The molecule has 0 aromatic rings. The second-order valence-electron chi connectivity index (χ2n) is 4.03. The number of hydrogen-bond acceptors (Lipinski definition) is 3. The van der Waals surface area contributed by atoms with Gasteiger partial charge in [-0.05, 0) is 32.4 Å². The average molecular weight is 183 g/mol. The van der Waals surface area contributed by atoms with Crippen molar-refractivity contribution in [2.75, 3.05) is 26.3 Å². The highest BCUT2D eigenvalue weighted by atomic mass is 16.2. The summed E-state index contributed by atoms with van der Waals surface area (Å²) in [6.07, 6.45) is 2.98. The number of rotatable bonds is 1. The van der Waals surface area contributed by atoms with Crippen molar-refractivity contribution in [1.29, 1.82) is 0 Å². The normalized spacial score (nSPS) is 27.2. The standard InChI is InChI=1S/C9H17N3O/c10-7-12-6-3-9(8(12)13)1-4-11-5-2-9/h11H,1-7,10H2. The number of piperidine rings is 1. The van der Waals surface area contributed by atoms with E-state index in [1.807, 2.05) is 0 Å². The van der Waals surface area contributed by atoms with Crippen molar-refractivity contribution >= 4 is 5.91 Å². The molecule has 1 amide bonds. The zero-order valence-corrected chi connectivity index (χ0v) is 7.88. The van der Waals surface area contributed by atoms with Crippen LogP contribution in [0.1, 0.15) is 19.3 Å². The quantitative estimate of drug-likeness (QED) is 0.576. The van der Waals surface area contributed by atoms with Crippen LogP contribution in [0.25, 0.3) is 0 Å². The zero-order chi connectivity index (χ0) is 9.31. The van der Waals surface area contributed by atoms with Gasteiger partial charge in [0, 0.05) is 6.54 Å². The van der Waals surface area contributed by atoms with E-state index < -0.39 is 0 Å². The molecule has 2 fully saturated rings. The molecule has 2 aliphatic rings. The van der Waals surface area contributed by atoms with E-state index in [4.69, 9.17) is 5.73 Å². The van der Waals surface area contributed by atoms with Gasteiger partial charge in [-0.3, -0.25) is 4.79 Å². The van der Waals surface area contributed by atoms with E-state index >= 15 is 0 Å². The molecule has 4 heteroatoms. The monoisotopic (exact) mass is 183 g/mol. The van der Waals surface area contributed by atoms with Gasteiger partial charge in [0.25, 0.3) is 0 Å². The number of carbonyl (C=O) groups is 1. The first-order valence-electron chi connectivity index (χ1n) is 4.99. The van der Waals surface area contributed by atoms with Crippen molar-refractivity contribution in [2.24, 2.45) is 11.1 Å². The van der Waals surface area contributed by atoms with Crippen molar-refractivity contribution in [3.8, 4) is 0 Å². The third-order valence-electron chi connectivity index (χ3n) is 3.38. The van der Waals surface area contributed by atoms with Gasteiger partial charge in [-0.2, -0.15) is 0 Å². The van der Waals surface area contributed by atoms with Crippen LogP contribution in [0, 0.1) is 5.41 Å². The zero-order valence-electron chi connectivity index (χ0n) is 7.88. The van der Waals surface area contributed by atoms with E-state index in [-0.39, 0.29) is 11.3 Å². The highest BCUT2D eigenvalue weighted by Gasteiger charge is 2.46. The minimum atomic E-state index is -0.0510. The number of nitrogens with zero attached hydrogens (tertiary/aromatic N) is 1. The Hall–Kier alpha value is -0.610. The lowest BCUT2D eigenvalue weighted by atomic mass is 9.78. The van der Waals surface area contributed by atoms with E-state index in [2.05, 4.69) is 5.32 Å². The SMILES string of the molecule is NCN1CCC2(CCNCC2)C1=O. The third-order valence-corrected chi connectivity index (χ3v) is 3.38. The van der Waals surface area contributed by atoms with Gasteiger partial charge >= 0.3 is 0 Å². The van der Waals surface area contributed by atoms with E-state index in [1.54, 1.807) is 4.90 Å². The smallest absolute Gasteiger partial charge is 0.229 e. The molecular weight excluding hydrogens is 166 g/mol. The summed E-state index contributed by atoms with van der Waals surface area (Å²) >= 11 is 0. The molecule has 2 aliphatic heterocycles. The maximum atomic E-state index is 11.9. The van der Waals surface area contributed by atoms with E-state index in [0.717, 1.165) is 38.9 Å². The fraction of sp³-hybridized carbons (Fsp3) is 0.889. The first-order chi connectivity index (χ1) is 6.28. The largest absolute Gasteiger partial charge is 0.330 e. The Balaban J connectivity index is 2.10. The van der Waals surface area contributed by atoms with E-state index in [9.17, 15) is 4.79 Å². The summed E-state index contributed by atoms with van der Waals surface area (Å²) < 4.78 is 0. The summed E-state index contributed by atoms with van der Waals surface area (Å²) in [4.78, 5) is 13.7. The molecule has 2 heterocycles. The molecular formula is C9H17N3O. The van der Waals surface area contributed by atoms with Crippen LogP contribution in [0.2, 0.25) is 0 Å². The summed E-state index contributed by atoms with van der Waals surface area (Å²) in [5, 5.41) is 3.29. The number of carbonyl (C=O) groups excluding carboxylic acids is 1. The van der Waals surface area contributed by atoms with Crippen LogP contribution < -0.4 is 11.1 Å². The topological polar surface area (TPSA) is 58.4 Å². The number of likely N-dealkylation sites (tertiary alicyclic amines) is 1. The van der Waals surface area contributed by atoms with Crippen molar-refractivity contribution in [3.63, 3.8) is 0 Å². The molecule has 0 radical (unpaired) electrons. The molecule has 13 heavy (non-hydrogen) atoms. The van der Waals surface area contributed by atoms with Gasteiger partial charge < -0.3 is 16.0 Å². The molecule has 0 unspecified atom stereocenters. The minimum absolute atomic E-state index is 0.0510. The number of nitrogens with two attached hydrogens (primary N) is 1. The first-order valence-corrected chi connectivity index (χ1v) is 4.99. The first kappa shape index (κ1) is 8.97. The maximum Gasteiger partial charge on any atom is 0.229 e. The lowest BCUT2D eigenvalue weighted by molar-refractivity contribution is -0.137. The van der Waals surface area contributed by atoms with Crippen molar-refractivity contribution in [1.82, 2.24) is 10.2 Å². The lowest BCUT2D eigenvalue weighted by Crippen LogP contribution is -2.43. The van der Waals surface area contributed by atoms with Gasteiger partial charge in [0.05, 0.1) is 12.1 Å². The van der Waals surface area contributed by atoms with Crippen LogP contribution in [0.5, 0.6) is 0 Å². The Labute approximate surface area is 78.5 Å². The van der Waals surface area contributed by atoms with Gasteiger partial charge in [-0.25, -0.2) is 0 Å². The molecule has 2 rings (SSSR count). The predicted octanol–water partition coefficient (Wildman–Crippen LogP) is -0.495. The molecule has 4 nitrogen and oxygen atoms in total. The number of amides is 1. The van der Waals surface area contributed by atoms with E-state index in [0.29, 0.717) is 6.67 Å². The van der Waals surface area contributed by atoms with Crippen LogP contribution in [0.15, 0.2) is 0 Å². The van der Waals surface area contributed by atoms with Crippen LogP contribution in [0.4, 0.5) is 0 Å².